The summed E-state index contributed by atoms with van der Waals surface area (Å²) in [6.07, 6.45) is 0. The summed E-state index contributed by atoms with van der Waals surface area (Å²) in [6.45, 7) is 3.60. The van der Waals surface area contributed by atoms with E-state index in [2.05, 4.69) is 10.5 Å². The Bertz CT molecular complexity index is 646. The molecule has 1 atom stereocenters. The summed E-state index contributed by atoms with van der Waals surface area (Å²) in [4.78, 5) is 12.0. The number of nitrogens with one attached hydrogen (secondary N) is 1. The molecule has 1 unspecified atom stereocenters. The Balaban J connectivity index is 1.88. The first-order valence-electron chi connectivity index (χ1n) is 6.25. The van der Waals surface area contributed by atoms with Gasteiger partial charge in [-0.1, -0.05) is 34.4 Å². The normalized spacial score (nSPS) is 12.2. The van der Waals surface area contributed by atoms with Crippen LogP contribution in [0.5, 0.6) is 0 Å². The van der Waals surface area contributed by atoms with Crippen LogP contribution < -0.4 is 5.32 Å². The molecule has 21 heavy (non-hydrogen) atoms. The lowest BCUT2D eigenvalue weighted by molar-refractivity contribution is -0.115. The molecule has 0 aliphatic carbocycles. The van der Waals surface area contributed by atoms with Gasteiger partial charge in [-0.05, 0) is 31.5 Å². The molecular weight excluding hydrogens is 331 g/mol. The lowest BCUT2D eigenvalue weighted by atomic mass is 10.2. The second kappa shape index (κ2) is 7.20. The number of hydrogen-bond acceptors (Lipinski definition) is 4. The van der Waals surface area contributed by atoms with Crippen LogP contribution in [0.25, 0.3) is 0 Å². The third kappa shape index (κ3) is 4.66. The Labute approximate surface area is 137 Å². The van der Waals surface area contributed by atoms with Crippen molar-refractivity contribution in [3.63, 3.8) is 0 Å². The van der Waals surface area contributed by atoms with E-state index in [-0.39, 0.29) is 11.2 Å². The molecule has 0 aliphatic heterocycles. The number of nitrogens with zero attached hydrogens (tertiary/aromatic N) is 1. The van der Waals surface area contributed by atoms with E-state index < -0.39 is 0 Å². The third-order valence-corrected chi connectivity index (χ3v) is 4.53. The molecule has 1 heterocycles. The molecule has 0 fully saturated rings. The van der Waals surface area contributed by atoms with E-state index >= 15 is 0 Å². The monoisotopic (exact) mass is 344 g/mol. The zero-order valence-corrected chi connectivity index (χ0v) is 13.9. The van der Waals surface area contributed by atoms with Crippen LogP contribution in [0.2, 0.25) is 10.0 Å². The highest BCUT2D eigenvalue weighted by Crippen LogP contribution is 2.26. The largest absolute Gasteiger partial charge is 0.360 e. The number of amides is 1. The molecular formula is C14H14Cl2N2O2S. The van der Waals surface area contributed by atoms with E-state index in [1.165, 1.54) is 11.8 Å². The maximum Gasteiger partial charge on any atom is 0.238 e. The van der Waals surface area contributed by atoms with Gasteiger partial charge in [0.15, 0.2) is 5.82 Å². The fourth-order valence-electron chi connectivity index (χ4n) is 1.58. The Morgan fingerprint density at radius 2 is 2.19 bits per heavy atom. The second-order valence-corrected chi connectivity index (χ2v) is 6.67. The minimum absolute atomic E-state index is 0.126. The molecule has 2 aromatic rings. The van der Waals surface area contributed by atoms with Gasteiger partial charge < -0.3 is 9.84 Å². The molecule has 0 bridgehead atoms. The molecule has 1 aromatic carbocycles. The first-order valence-corrected chi connectivity index (χ1v) is 8.06. The highest BCUT2D eigenvalue weighted by Gasteiger charge is 2.16. The van der Waals surface area contributed by atoms with Gasteiger partial charge in [0.05, 0.1) is 5.25 Å². The van der Waals surface area contributed by atoms with E-state index in [1.54, 1.807) is 25.1 Å². The molecule has 0 aliphatic rings. The first kappa shape index (κ1) is 16.2. The number of anilines is 1. The van der Waals surface area contributed by atoms with Crippen LogP contribution in [-0.4, -0.2) is 16.3 Å². The van der Waals surface area contributed by atoms with Gasteiger partial charge in [-0.25, -0.2) is 0 Å². The summed E-state index contributed by atoms with van der Waals surface area (Å²) >= 11 is 13.4. The van der Waals surface area contributed by atoms with Crippen molar-refractivity contribution in [3.05, 3.63) is 45.6 Å². The van der Waals surface area contributed by atoms with E-state index in [0.29, 0.717) is 27.4 Å². The number of hydrogen-bond donors (Lipinski definition) is 1. The molecule has 0 spiro atoms. The van der Waals surface area contributed by atoms with Crippen molar-refractivity contribution in [2.45, 2.75) is 24.9 Å². The molecule has 1 aromatic heterocycles. The first-order chi connectivity index (χ1) is 9.95. The summed E-state index contributed by atoms with van der Waals surface area (Å²) in [6, 6.07) is 7.02. The van der Waals surface area contributed by atoms with Crippen LogP contribution in [0, 0.1) is 6.92 Å². The lowest BCUT2D eigenvalue weighted by Gasteiger charge is -2.11. The fraction of sp³-hybridized carbons (Fsp3) is 0.286. The average molecular weight is 345 g/mol. The number of aromatic nitrogens is 1. The zero-order valence-electron chi connectivity index (χ0n) is 11.5. The van der Waals surface area contributed by atoms with Crippen LogP contribution in [0.4, 0.5) is 5.82 Å². The van der Waals surface area contributed by atoms with Crippen LogP contribution in [-0.2, 0) is 10.5 Å². The minimum atomic E-state index is -0.242. The van der Waals surface area contributed by atoms with Crippen molar-refractivity contribution < 1.29 is 9.32 Å². The second-order valence-electron chi connectivity index (χ2n) is 4.50. The van der Waals surface area contributed by atoms with Gasteiger partial charge in [0.2, 0.25) is 5.91 Å². The molecule has 112 valence electrons. The molecule has 4 nitrogen and oxygen atoms in total. The van der Waals surface area contributed by atoms with Crippen molar-refractivity contribution in [2.24, 2.45) is 0 Å². The Kier molecular flexibility index (Phi) is 5.56. The van der Waals surface area contributed by atoms with Crippen molar-refractivity contribution in [3.8, 4) is 0 Å². The summed E-state index contributed by atoms with van der Waals surface area (Å²) in [7, 11) is 0. The van der Waals surface area contributed by atoms with E-state index in [4.69, 9.17) is 27.7 Å². The van der Waals surface area contributed by atoms with Crippen molar-refractivity contribution in [1.29, 1.82) is 0 Å². The van der Waals surface area contributed by atoms with E-state index in [9.17, 15) is 4.79 Å². The maximum atomic E-state index is 12.0. The third-order valence-electron chi connectivity index (χ3n) is 2.75. The lowest BCUT2D eigenvalue weighted by Crippen LogP contribution is -2.22. The van der Waals surface area contributed by atoms with Gasteiger partial charge >= 0.3 is 0 Å². The van der Waals surface area contributed by atoms with Crippen molar-refractivity contribution in [2.75, 3.05) is 5.32 Å². The van der Waals surface area contributed by atoms with E-state index in [1.807, 2.05) is 13.0 Å². The Hall–Kier alpha value is -1.17. The highest BCUT2D eigenvalue weighted by molar-refractivity contribution is 7.99. The Morgan fingerprint density at radius 3 is 2.81 bits per heavy atom. The van der Waals surface area contributed by atoms with Gasteiger partial charge in [-0.2, -0.15) is 0 Å². The summed E-state index contributed by atoms with van der Waals surface area (Å²) in [5.41, 5.74) is 0.947. The van der Waals surface area contributed by atoms with Gasteiger partial charge in [0.1, 0.15) is 5.76 Å². The Morgan fingerprint density at radius 1 is 1.43 bits per heavy atom. The predicted molar refractivity (Wildman–Crippen MR) is 87.1 cm³/mol. The number of carbonyl (C=O) groups is 1. The summed E-state index contributed by atoms with van der Waals surface area (Å²) in [5.74, 6) is 1.58. The molecule has 0 saturated carbocycles. The minimum Gasteiger partial charge on any atom is -0.360 e. The summed E-state index contributed by atoms with van der Waals surface area (Å²) in [5, 5.41) is 7.39. The number of carbonyl (C=O) groups excluding carboxylic acids is 1. The van der Waals surface area contributed by atoms with Crippen LogP contribution >= 0.6 is 35.0 Å². The van der Waals surface area contributed by atoms with Gasteiger partial charge in [-0.15, -0.1) is 11.8 Å². The predicted octanol–water partition coefficient (Wildman–Crippen LogP) is 4.55. The van der Waals surface area contributed by atoms with Crippen LogP contribution in [0.1, 0.15) is 18.2 Å². The van der Waals surface area contributed by atoms with Crippen molar-refractivity contribution >= 4 is 46.7 Å². The van der Waals surface area contributed by atoms with Crippen molar-refractivity contribution in [1.82, 2.24) is 5.16 Å². The summed E-state index contributed by atoms with van der Waals surface area (Å²) < 4.78 is 4.90. The van der Waals surface area contributed by atoms with Gasteiger partial charge in [0.25, 0.3) is 0 Å². The quantitative estimate of drug-likeness (QED) is 0.864. The zero-order chi connectivity index (χ0) is 15.4. The molecule has 0 saturated heterocycles. The average Bonchev–Trinajstić information content (AvgIpc) is 2.82. The molecule has 2 rings (SSSR count). The van der Waals surface area contributed by atoms with E-state index in [0.717, 1.165) is 5.56 Å². The number of rotatable bonds is 5. The number of halogens is 2. The van der Waals surface area contributed by atoms with Gasteiger partial charge in [0, 0.05) is 21.9 Å². The van der Waals surface area contributed by atoms with Crippen LogP contribution in [0.15, 0.2) is 28.8 Å². The van der Waals surface area contributed by atoms with Crippen LogP contribution in [0.3, 0.4) is 0 Å². The SMILES string of the molecule is Cc1cc(NC(=O)C(C)SCc2ccc(Cl)cc2Cl)no1. The number of thioether (sulfide) groups is 1. The molecule has 0 radical (unpaired) electrons. The molecule has 1 N–H and O–H groups in total. The fourth-order valence-corrected chi connectivity index (χ4v) is 3.03. The van der Waals surface area contributed by atoms with Gasteiger partial charge in [-0.3, -0.25) is 4.79 Å². The molecule has 1 amide bonds. The smallest absolute Gasteiger partial charge is 0.238 e. The topological polar surface area (TPSA) is 55.1 Å². The maximum absolute atomic E-state index is 12.0. The standard InChI is InChI=1S/C14H14Cl2N2O2S/c1-8-5-13(18-20-8)17-14(19)9(2)21-7-10-3-4-11(15)6-12(10)16/h3-6,9H,7H2,1-2H3,(H,17,18,19). The molecule has 7 heteroatoms. The number of aryl methyl sites for hydroxylation is 1. The number of benzene rings is 1. The highest BCUT2D eigenvalue weighted by atomic mass is 35.5.